The standard InChI is InChI=1S/C9H16I2O2/c1-9(2,3)8(12)13-7(6-11)4-5-10/h7H,4-6H2,1-3H3. The fraction of sp³-hybridized carbons (Fsp3) is 0.889. The molecule has 1 unspecified atom stereocenters. The minimum Gasteiger partial charge on any atom is -0.461 e. The van der Waals surface area contributed by atoms with Gasteiger partial charge >= 0.3 is 5.97 Å². The van der Waals surface area contributed by atoms with Crippen molar-refractivity contribution in [1.82, 2.24) is 0 Å². The van der Waals surface area contributed by atoms with E-state index in [1.807, 2.05) is 20.8 Å². The maximum absolute atomic E-state index is 11.5. The van der Waals surface area contributed by atoms with Gasteiger partial charge in [0, 0.05) is 8.86 Å². The van der Waals surface area contributed by atoms with Crippen LogP contribution in [0.15, 0.2) is 0 Å². The molecule has 0 saturated carbocycles. The van der Waals surface area contributed by atoms with Gasteiger partial charge in [-0.25, -0.2) is 0 Å². The number of halogens is 2. The van der Waals surface area contributed by atoms with E-state index >= 15 is 0 Å². The maximum Gasteiger partial charge on any atom is 0.311 e. The van der Waals surface area contributed by atoms with Crippen LogP contribution in [0.3, 0.4) is 0 Å². The van der Waals surface area contributed by atoms with Crippen LogP contribution >= 0.6 is 45.2 Å². The fourth-order valence-corrected chi connectivity index (χ4v) is 1.93. The molecule has 0 amide bonds. The molecule has 0 heterocycles. The lowest BCUT2D eigenvalue weighted by atomic mass is 9.97. The third kappa shape index (κ3) is 6.09. The van der Waals surface area contributed by atoms with Crippen molar-refractivity contribution in [3.05, 3.63) is 0 Å². The summed E-state index contributed by atoms with van der Waals surface area (Å²) < 4.78 is 7.26. The van der Waals surface area contributed by atoms with E-state index in [1.54, 1.807) is 0 Å². The van der Waals surface area contributed by atoms with Gasteiger partial charge in [0.25, 0.3) is 0 Å². The summed E-state index contributed by atoms with van der Waals surface area (Å²) in [5.74, 6) is -0.0981. The van der Waals surface area contributed by atoms with Crippen molar-refractivity contribution in [3.8, 4) is 0 Å². The molecular formula is C9H16I2O2. The summed E-state index contributed by atoms with van der Waals surface area (Å²) in [5.41, 5.74) is -0.380. The first-order valence-electron chi connectivity index (χ1n) is 4.24. The fourth-order valence-electron chi connectivity index (χ4n) is 0.617. The Morgan fingerprint density at radius 3 is 2.23 bits per heavy atom. The Bertz CT molecular complexity index is 163. The van der Waals surface area contributed by atoms with Crippen LogP contribution in [0.1, 0.15) is 27.2 Å². The van der Waals surface area contributed by atoms with E-state index in [1.165, 1.54) is 0 Å². The molecule has 0 bridgehead atoms. The van der Waals surface area contributed by atoms with Crippen molar-refractivity contribution in [3.63, 3.8) is 0 Å². The molecule has 0 aromatic heterocycles. The average molecular weight is 410 g/mol. The van der Waals surface area contributed by atoms with Crippen LogP contribution in [0.2, 0.25) is 0 Å². The number of hydrogen-bond donors (Lipinski definition) is 0. The van der Waals surface area contributed by atoms with Crippen LogP contribution in [0.25, 0.3) is 0 Å². The molecule has 0 N–H and O–H groups in total. The second-order valence-corrected chi connectivity index (χ2v) is 5.87. The van der Waals surface area contributed by atoms with E-state index in [2.05, 4.69) is 45.2 Å². The van der Waals surface area contributed by atoms with Crippen LogP contribution in [-0.4, -0.2) is 20.9 Å². The number of carbonyl (C=O) groups excluding carboxylic acids is 1. The maximum atomic E-state index is 11.5. The molecular weight excluding hydrogens is 394 g/mol. The van der Waals surface area contributed by atoms with Gasteiger partial charge in [0.15, 0.2) is 0 Å². The summed E-state index contributed by atoms with van der Waals surface area (Å²) in [7, 11) is 0. The number of hydrogen-bond acceptors (Lipinski definition) is 2. The summed E-state index contributed by atoms with van der Waals surface area (Å²) in [5, 5.41) is 0. The van der Waals surface area contributed by atoms with Crippen molar-refractivity contribution in [2.45, 2.75) is 33.3 Å². The third-order valence-electron chi connectivity index (χ3n) is 1.49. The summed E-state index contributed by atoms with van der Waals surface area (Å²) in [6.45, 7) is 5.64. The first-order valence-corrected chi connectivity index (χ1v) is 7.30. The van der Waals surface area contributed by atoms with Gasteiger partial charge in [-0.1, -0.05) is 45.2 Å². The molecule has 13 heavy (non-hydrogen) atoms. The monoisotopic (exact) mass is 410 g/mol. The van der Waals surface area contributed by atoms with E-state index in [0.29, 0.717) is 0 Å². The second kappa shape index (κ2) is 6.42. The Morgan fingerprint density at radius 2 is 1.92 bits per heavy atom. The van der Waals surface area contributed by atoms with Gasteiger partial charge in [0.05, 0.1) is 5.41 Å². The predicted octanol–water partition coefficient (Wildman–Crippen LogP) is 3.20. The Labute approximate surface area is 107 Å². The van der Waals surface area contributed by atoms with Gasteiger partial charge in [0.2, 0.25) is 0 Å². The molecule has 1 atom stereocenters. The Morgan fingerprint density at radius 1 is 1.38 bits per heavy atom. The lowest BCUT2D eigenvalue weighted by molar-refractivity contribution is -0.157. The van der Waals surface area contributed by atoms with Gasteiger partial charge in [-0.2, -0.15) is 0 Å². The zero-order chi connectivity index (χ0) is 10.5. The highest BCUT2D eigenvalue weighted by Gasteiger charge is 2.25. The largest absolute Gasteiger partial charge is 0.461 e. The highest BCUT2D eigenvalue weighted by atomic mass is 127. The minimum atomic E-state index is -0.380. The molecule has 0 fully saturated rings. The number of esters is 1. The quantitative estimate of drug-likeness (QED) is 0.405. The zero-order valence-corrected chi connectivity index (χ0v) is 12.6. The summed E-state index contributed by atoms with van der Waals surface area (Å²) >= 11 is 4.55. The number of alkyl halides is 2. The number of carbonyl (C=O) groups is 1. The molecule has 0 rings (SSSR count). The van der Waals surface area contributed by atoms with Crippen LogP contribution < -0.4 is 0 Å². The molecule has 0 aromatic rings. The van der Waals surface area contributed by atoms with Crippen LogP contribution in [0.4, 0.5) is 0 Å². The minimum absolute atomic E-state index is 0.0872. The molecule has 0 aliphatic carbocycles. The summed E-state index contributed by atoms with van der Waals surface area (Å²) in [4.78, 5) is 11.5. The molecule has 0 aliphatic rings. The summed E-state index contributed by atoms with van der Waals surface area (Å²) in [6.07, 6.45) is 1.04. The lowest BCUT2D eigenvalue weighted by Crippen LogP contribution is -2.29. The van der Waals surface area contributed by atoms with Crippen molar-refractivity contribution in [2.24, 2.45) is 5.41 Å². The predicted molar refractivity (Wildman–Crippen MR) is 71.7 cm³/mol. The number of ether oxygens (including phenoxy) is 1. The second-order valence-electron chi connectivity index (χ2n) is 3.91. The Balaban J connectivity index is 4.01. The third-order valence-corrected chi connectivity index (χ3v) is 3.09. The molecule has 2 nitrogen and oxygen atoms in total. The molecule has 0 spiro atoms. The highest BCUT2D eigenvalue weighted by molar-refractivity contribution is 14.1. The molecule has 0 aliphatic heterocycles. The average Bonchev–Trinajstić information content (AvgIpc) is 2.01. The van der Waals surface area contributed by atoms with Crippen LogP contribution in [0.5, 0.6) is 0 Å². The van der Waals surface area contributed by atoms with Crippen molar-refractivity contribution >= 4 is 51.2 Å². The molecule has 78 valence electrons. The summed E-state index contributed by atoms with van der Waals surface area (Å²) in [6, 6.07) is 0. The zero-order valence-electron chi connectivity index (χ0n) is 8.27. The molecule has 4 heteroatoms. The Hall–Kier alpha value is 0.930. The number of rotatable bonds is 4. The first-order chi connectivity index (χ1) is 5.91. The Kier molecular flexibility index (Phi) is 6.88. The topological polar surface area (TPSA) is 26.3 Å². The van der Waals surface area contributed by atoms with Crippen molar-refractivity contribution in [2.75, 3.05) is 8.86 Å². The van der Waals surface area contributed by atoms with Crippen LogP contribution in [-0.2, 0) is 9.53 Å². The molecule has 0 saturated heterocycles. The normalized spacial score (nSPS) is 13.9. The van der Waals surface area contributed by atoms with Crippen molar-refractivity contribution < 1.29 is 9.53 Å². The van der Waals surface area contributed by atoms with E-state index in [-0.39, 0.29) is 17.5 Å². The highest BCUT2D eigenvalue weighted by Crippen LogP contribution is 2.18. The van der Waals surface area contributed by atoms with Gasteiger partial charge in [-0.15, -0.1) is 0 Å². The van der Waals surface area contributed by atoms with E-state index in [0.717, 1.165) is 15.3 Å². The first kappa shape index (κ1) is 13.9. The van der Waals surface area contributed by atoms with E-state index < -0.39 is 0 Å². The van der Waals surface area contributed by atoms with Crippen LogP contribution in [0, 0.1) is 5.41 Å². The smallest absolute Gasteiger partial charge is 0.311 e. The lowest BCUT2D eigenvalue weighted by Gasteiger charge is -2.21. The van der Waals surface area contributed by atoms with Gasteiger partial charge in [-0.3, -0.25) is 4.79 Å². The van der Waals surface area contributed by atoms with Crippen molar-refractivity contribution in [1.29, 1.82) is 0 Å². The van der Waals surface area contributed by atoms with E-state index in [4.69, 9.17) is 4.74 Å². The van der Waals surface area contributed by atoms with E-state index in [9.17, 15) is 4.79 Å². The van der Waals surface area contributed by atoms with Gasteiger partial charge in [-0.05, 0) is 27.2 Å². The van der Waals surface area contributed by atoms with Gasteiger partial charge in [0.1, 0.15) is 6.10 Å². The molecule has 0 aromatic carbocycles. The molecule has 0 radical (unpaired) electrons. The van der Waals surface area contributed by atoms with Gasteiger partial charge < -0.3 is 4.74 Å². The SMILES string of the molecule is CC(C)(C)C(=O)OC(CI)CCI.